The molecule has 0 aromatic carbocycles. The van der Waals surface area contributed by atoms with Gasteiger partial charge >= 0.3 is 80.3 Å². The average Bonchev–Trinajstić information content (AvgIpc) is 1.97. The second-order valence-corrected chi connectivity index (χ2v) is 6.11. The van der Waals surface area contributed by atoms with Gasteiger partial charge in [-0.2, -0.15) is 0 Å². The van der Waals surface area contributed by atoms with Crippen molar-refractivity contribution in [2.75, 3.05) is 0 Å². The minimum atomic E-state index is 0.106. The van der Waals surface area contributed by atoms with E-state index in [2.05, 4.69) is 23.8 Å². The molecule has 11 heavy (non-hydrogen) atoms. The summed E-state index contributed by atoms with van der Waals surface area (Å²) in [6.07, 6.45) is 0. The maximum atomic E-state index is 8.37. The Hall–Kier alpha value is 0.0190. The van der Waals surface area contributed by atoms with Crippen LogP contribution >= 0.6 is 0 Å². The van der Waals surface area contributed by atoms with Gasteiger partial charge < -0.3 is 0 Å². The van der Waals surface area contributed by atoms with E-state index in [1.165, 1.54) is 0 Å². The first kappa shape index (κ1) is 11.0. The molecule has 2 nitrogen and oxygen atoms in total. The number of nitriles is 2. The normalized spacial score (nSPS) is 10.2. The van der Waals surface area contributed by atoms with Crippen molar-refractivity contribution in [3.05, 3.63) is 0 Å². The zero-order valence-corrected chi connectivity index (χ0v) is 10.1. The van der Waals surface area contributed by atoms with E-state index in [1.807, 2.05) is 0 Å². The molecule has 0 saturated carbocycles. The molecule has 0 N–H and O–H groups in total. The molecule has 0 aromatic rings. The van der Waals surface area contributed by atoms with Gasteiger partial charge in [0.2, 0.25) is 0 Å². The molecule has 0 fully saturated rings. The van der Waals surface area contributed by atoms with Crippen molar-refractivity contribution in [2.45, 2.75) is 24.5 Å². The fourth-order valence-corrected chi connectivity index (χ4v) is 3.49. The van der Waals surface area contributed by atoms with Gasteiger partial charge in [-0.1, -0.05) is 0 Å². The SMILES string of the molecule is CC(C)(C[Se]C#N)C[Se]C#N. The summed E-state index contributed by atoms with van der Waals surface area (Å²) >= 11 is 0.212. The molecule has 0 aliphatic rings. The van der Waals surface area contributed by atoms with Crippen molar-refractivity contribution in [2.24, 2.45) is 5.41 Å². The predicted octanol–water partition coefficient (Wildman–Crippen LogP) is 1.22. The Bertz CT molecular complexity index is 168. The molecule has 0 amide bonds. The van der Waals surface area contributed by atoms with Crippen molar-refractivity contribution in [3.8, 4) is 9.94 Å². The molecule has 60 valence electrons. The standard InChI is InChI=1S/C7H10N2Se2/c1-7(2,3-10-5-8)4-11-6-9/h3-4H2,1-2H3. The van der Waals surface area contributed by atoms with Crippen LogP contribution in [0.3, 0.4) is 0 Å². The van der Waals surface area contributed by atoms with Gasteiger partial charge in [-0.15, -0.1) is 0 Å². The van der Waals surface area contributed by atoms with Crippen LogP contribution in [0.1, 0.15) is 13.8 Å². The fourth-order valence-electron chi connectivity index (χ4n) is 0.497. The molecule has 0 unspecified atom stereocenters. The van der Waals surface area contributed by atoms with Crippen LogP contribution in [0.5, 0.6) is 0 Å². The Balaban J connectivity index is 3.64. The van der Waals surface area contributed by atoms with Gasteiger partial charge in [0.1, 0.15) is 0 Å². The number of nitrogens with zero attached hydrogens (tertiary/aromatic N) is 2. The summed E-state index contributed by atoms with van der Waals surface area (Å²) in [5.41, 5.74) is 0.214. The second kappa shape index (κ2) is 5.64. The summed E-state index contributed by atoms with van der Waals surface area (Å²) in [6.45, 7) is 4.26. The third kappa shape index (κ3) is 6.42. The predicted molar refractivity (Wildman–Crippen MR) is 46.1 cm³/mol. The second-order valence-electron chi connectivity index (χ2n) is 2.92. The molecule has 4 heteroatoms. The minimum absolute atomic E-state index is 0.106. The summed E-state index contributed by atoms with van der Waals surface area (Å²) in [5, 5.41) is 18.7. The summed E-state index contributed by atoms with van der Waals surface area (Å²) in [4.78, 5) is 4.37. The molecule has 0 atom stereocenters. The third-order valence-electron chi connectivity index (χ3n) is 1.05. The molecule has 0 rings (SSSR count). The van der Waals surface area contributed by atoms with E-state index in [-0.39, 0.29) is 35.3 Å². The average molecular weight is 280 g/mol. The molecule has 0 aliphatic heterocycles. The zero-order valence-electron chi connectivity index (χ0n) is 6.63. The molecule has 0 saturated heterocycles. The van der Waals surface area contributed by atoms with Crippen LogP contribution in [0.25, 0.3) is 0 Å². The van der Waals surface area contributed by atoms with Gasteiger partial charge in [-0.25, -0.2) is 0 Å². The topological polar surface area (TPSA) is 47.6 Å². The van der Waals surface area contributed by atoms with Crippen LogP contribution in [0.2, 0.25) is 10.6 Å². The van der Waals surface area contributed by atoms with E-state index >= 15 is 0 Å². The zero-order chi connectivity index (χ0) is 8.74. The third-order valence-corrected chi connectivity index (χ3v) is 5.48. The number of hydrogen-bond donors (Lipinski definition) is 0. The first-order valence-corrected chi connectivity index (χ1v) is 7.28. The van der Waals surface area contributed by atoms with E-state index in [4.69, 9.17) is 10.5 Å². The van der Waals surface area contributed by atoms with E-state index in [9.17, 15) is 0 Å². The molecule has 0 radical (unpaired) electrons. The maximum absolute atomic E-state index is 8.37. The van der Waals surface area contributed by atoms with Gasteiger partial charge in [-0.3, -0.25) is 0 Å². The van der Waals surface area contributed by atoms with Crippen LogP contribution in [-0.4, -0.2) is 29.9 Å². The molecular formula is C7H10N2Se2. The van der Waals surface area contributed by atoms with E-state index in [0.717, 1.165) is 10.6 Å². The Morgan fingerprint density at radius 1 is 1.09 bits per heavy atom. The molecule has 0 spiro atoms. The monoisotopic (exact) mass is 282 g/mol. The first-order valence-electron chi connectivity index (χ1n) is 3.14. The number of hydrogen-bond acceptors (Lipinski definition) is 2. The van der Waals surface area contributed by atoms with Crippen molar-refractivity contribution in [3.63, 3.8) is 0 Å². The van der Waals surface area contributed by atoms with E-state index < -0.39 is 0 Å². The van der Waals surface area contributed by atoms with Gasteiger partial charge in [-0.05, 0) is 0 Å². The van der Waals surface area contributed by atoms with Crippen LogP contribution in [-0.2, 0) is 0 Å². The van der Waals surface area contributed by atoms with Crippen LogP contribution in [0, 0.1) is 25.9 Å². The van der Waals surface area contributed by atoms with Crippen molar-refractivity contribution in [1.29, 1.82) is 10.5 Å². The quantitative estimate of drug-likeness (QED) is 0.727. The number of rotatable bonds is 4. The summed E-state index contributed by atoms with van der Waals surface area (Å²) < 4.78 is 0. The van der Waals surface area contributed by atoms with Crippen LogP contribution in [0.15, 0.2) is 0 Å². The van der Waals surface area contributed by atoms with Gasteiger partial charge in [0.05, 0.1) is 0 Å². The van der Waals surface area contributed by atoms with E-state index in [1.54, 1.807) is 0 Å². The summed E-state index contributed by atoms with van der Waals surface area (Å²) in [5.74, 6) is 0. The summed E-state index contributed by atoms with van der Waals surface area (Å²) in [7, 11) is 0. The van der Waals surface area contributed by atoms with Gasteiger partial charge in [0, 0.05) is 0 Å². The van der Waals surface area contributed by atoms with Crippen LogP contribution in [0.4, 0.5) is 0 Å². The van der Waals surface area contributed by atoms with E-state index in [0.29, 0.717) is 0 Å². The van der Waals surface area contributed by atoms with Crippen molar-refractivity contribution in [1.82, 2.24) is 0 Å². The fraction of sp³-hybridized carbons (Fsp3) is 0.714. The Morgan fingerprint density at radius 2 is 1.45 bits per heavy atom. The molecule has 0 heterocycles. The molecule has 0 bridgehead atoms. The molecule has 0 aromatic heterocycles. The Labute approximate surface area is 80.3 Å². The molecular weight excluding hydrogens is 270 g/mol. The van der Waals surface area contributed by atoms with Gasteiger partial charge in [0.25, 0.3) is 0 Å². The van der Waals surface area contributed by atoms with Crippen LogP contribution < -0.4 is 0 Å². The van der Waals surface area contributed by atoms with Gasteiger partial charge in [0.15, 0.2) is 0 Å². The van der Waals surface area contributed by atoms with Crippen molar-refractivity contribution >= 4 is 29.9 Å². The molecule has 0 aliphatic carbocycles. The Morgan fingerprint density at radius 3 is 1.73 bits per heavy atom. The summed E-state index contributed by atoms with van der Waals surface area (Å²) in [6, 6.07) is 0. The van der Waals surface area contributed by atoms with Crippen molar-refractivity contribution < 1.29 is 0 Å². The first-order chi connectivity index (χ1) is 5.12. The Kier molecular flexibility index (Phi) is 5.65.